The normalized spacial score (nSPS) is 41.6. The fourth-order valence-electron chi connectivity index (χ4n) is 4.62. The molecule has 0 radical (unpaired) electrons. The summed E-state index contributed by atoms with van der Waals surface area (Å²) >= 11 is 0. The Kier molecular flexibility index (Phi) is 2.71. The van der Waals surface area contributed by atoms with Gasteiger partial charge in [-0.1, -0.05) is 19.9 Å². The Bertz CT molecular complexity index is 498. The predicted octanol–water partition coefficient (Wildman–Crippen LogP) is 3.30. The van der Waals surface area contributed by atoms with E-state index in [0.29, 0.717) is 17.0 Å². The van der Waals surface area contributed by atoms with Crippen molar-refractivity contribution in [1.29, 1.82) is 0 Å². The van der Waals surface area contributed by atoms with Gasteiger partial charge in [0, 0.05) is 11.5 Å². The minimum atomic E-state index is 0.329. The van der Waals surface area contributed by atoms with Crippen LogP contribution in [-0.4, -0.2) is 11.6 Å². The van der Waals surface area contributed by atoms with E-state index in [1.165, 1.54) is 25.1 Å². The van der Waals surface area contributed by atoms with Gasteiger partial charge in [-0.05, 0) is 45.1 Å². The average Bonchev–Trinajstić information content (AvgIpc) is 2.35. The maximum Gasteiger partial charge on any atom is 0.276 e. The molecule has 2 saturated heterocycles. The SMILES string of the molecule is CC1CC2(C)CCC1(C)C(C)N2c1cccc[n+]1C. The largest absolute Gasteiger partial charge is 0.276 e. The van der Waals surface area contributed by atoms with Gasteiger partial charge in [0.05, 0.1) is 19.3 Å². The van der Waals surface area contributed by atoms with E-state index >= 15 is 0 Å². The summed E-state index contributed by atoms with van der Waals surface area (Å²) in [7, 11) is 2.17. The summed E-state index contributed by atoms with van der Waals surface area (Å²) in [4.78, 5) is 2.70. The highest BCUT2D eigenvalue weighted by atomic mass is 15.3. The molecule has 4 atom stereocenters. The Morgan fingerprint density at radius 1 is 1.21 bits per heavy atom. The number of anilines is 1. The van der Waals surface area contributed by atoms with Gasteiger partial charge in [-0.2, -0.15) is 0 Å². The molecular weight excluding hydrogens is 232 g/mol. The number of aryl methyl sites for hydroxylation is 1. The second-order valence-electron chi connectivity index (χ2n) is 7.32. The smallest absolute Gasteiger partial charge is 0.254 e. The standard InChI is InChI=1S/C17H27N2/c1-13-12-16(3)9-10-17(13,4)14(2)19(16)15-8-6-7-11-18(15)5/h6-8,11,13-14H,9-10,12H2,1-5H3/q+1. The quantitative estimate of drug-likeness (QED) is 0.702. The number of hydrogen-bond donors (Lipinski definition) is 0. The third kappa shape index (κ3) is 1.65. The van der Waals surface area contributed by atoms with E-state index in [4.69, 9.17) is 0 Å². The second kappa shape index (κ2) is 3.97. The maximum absolute atomic E-state index is 2.70. The molecule has 19 heavy (non-hydrogen) atoms. The molecule has 4 rings (SSSR count). The van der Waals surface area contributed by atoms with Gasteiger partial charge in [-0.25, -0.2) is 4.57 Å². The molecule has 1 aromatic rings. The molecule has 2 aliphatic heterocycles. The molecule has 4 unspecified atom stereocenters. The number of pyridine rings is 1. The van der Waals surface area contributed by atoms with Crippen LogP contribution in [0, 0.1) is 11.3 Å². The fourth-order valence-corrected chi connectivity index (χ4v) is 4.62. The Balaban J connectivity index is 2.10. The van der Waals surface area contributed by atoms with Crippen LogP contribution in [0.2, 0.25) is 0 Å². The summed E-state index contributed by atoms with van der Waals surface area (Å²) in [5, 5.41) is 0. The van der Waals surface area contributed by atoms with Crippen LogP contribution in [-0.2, 0) is 7.05 Å². The minimum Gasteiger partial charge on any atom is -0.254 e. The molecule has 3 aliphatic rings. The first-order valence-corrected chi connectivity index (χ1v) is 7.62. The monoisotopic (exact) mass is 259 g/mol. The molecule has 3 fully saturated rings. The van der Waals surface area contributed by atoms with Crippen molar-refractivity contribution in [3.63, 3.8) is 0 Å². The van der Waals surface area contributed by atoms with Crippen LogP contribution < -0.4 is 9.47 Å². The lowest BCUT2D eigenvalue weighted by molar-refractivity contribution is -0.659. The molecule has 2 heteroatoms. The molecule has 0 spiro atoms. The van der Waals surface area contributed by atoms with E-state index in [2.05, 4.69) is 68.6 Å². The molecule has 2 nitrogen and oxygen atoms in total. The van der Waals surface area contributed by atoms with Crippen molar-refractivity contribution >= 4 is 5.82 Å². The second-order valence-corrected chi connectivity index (χ2v) is 7.32. The third-order valence-corrected chi connectivity index (χ3v) is 6.27. The van der Waals surface area contributed by atoms with Crippen LogP contribution >= 0.6 is 0 Å². The summed E-state index contributed by atoms with van der Waals surface area (Å²) in [6, 6.07) is 7.17. The fraction of sp³-hybridized carbons (Fsp3) is 0.706. The molecule has 0 amide bonds. The summed E-state index contributed by atoms with van der Waals surface area (Å²) in [5.74, 6) is 2.20. The van der Waals surface area contributed by atoms with E-state index in [1.807, 2.05) is 0 Å². The van der Waals surface area contributed by atoms with Gasteiger partial charge in [0.25, 0.3) is 5.82 Å². The molecule has 2 bridgehead atoms. The van der Waals surface area contributed by atoms with Gasteiger partial charge in [0.15, 0.2) is 0 Å². The zero-order valence-corrected chi connectivity index (χ0v) is 13.0. The van der Waals surface area contributed by atoms with Gasteiger partial charge in [-0.3, -0.25) is 4.90 Å². The van der Waals surface area contributed by atoms with Crippen LogP contribution in [0.1, 0.15) is 47.0 Å². The molecule has 0 N–H and O–H groups in total. The number of piperidine rings is 2. The maximum atomic E-state index is 2.70. The van der Waals surface area contributed by atoms with E-state index in [9.17, 15) is 0 Å². The van der Waals surface area contributed by atoms with Gasteiger partial charge in [0.2, 0.25) is 0 Å². The van der Waals surface area contributed by atoms with Crippen molar-refractivity contribution in [2.24, 2.45) is 18.4 Å². The minimum absolute atomic E-state index is 0.329. The molecule has 3 heterocycles. The van der Waals surface area contributed by atoms with Crippen molar-refractivity contribution in [3.05, 3.63) is 24.4 Å². The van der Waals surface area contributed by atoms with Crippen molar-refractivity contribution < 1.29 is 4.57 Å². The Morgan fingerprint density at radius 3 is 2.58 bits per heavy atom. The van der Waals surface area contributed by atoms with Crippen molar-refractivity contribution in [3.8, 4) is 0 Å². The van der Waals surface area contributed by atoms with Crippen molar-refractivity contribution in [2.75, 3.05) is 4.90 Å². The lowest BCUT2D eigenvalue weighted by Gasteiger charge is -2.60. The highest BCUT2D eigenvalue weighted by Gasteiger charge is 2.61. The number of rotatable bonds is 1. The lowest BCUT2D eigenvalue weighted by Crippen LogP contribution is -2.69. The summed E-state index contributed by atoms with van der Waals surface area (Å²) in [6.45, 7) is 9.85. The van der Waals surface area contributed by atoms with Crippen molar-refractivity contribution in [1.82, 2.24) is 0 Å². The highest BCUT2D eigenvalue weighted by Crippen LogP contribution is 2.57. The molecule has 1 aliphatic carbocycles. The summed E-state index contributed by atoms with van der Waals surface area (Å²) in [6.07, 6.45) is 6.19. The van der Waals surface area contributed by atoms with Crippen LogP contribution in [0.5, 0.6) is 0 Å². The van der Waals surface area contributed by atoms with Crippen LogP contribution in [0.4, 0.5) is 5.82 Å². The van der Waals surface area contributed by atoms with E-state index < -0.39 is 0 Å². The lowest BCUT2D eigenvalue weighted by atomic mass is 9.54. The zero-order valence-electron chi connectivity index (χ0n) is 13.0. The number of nitrogens with zero attached hydrogens (tertiary/aromatic N) is 2. The molecule has 1 saturated carbocycles. The first-order valence-electron chi connectivity index (χ1n) is 7.62. The van der Waals surface area contributed by atoms with Gasteiger partial charge >= 0.3 is 0 Å². The van der Waals surface area contributed by atoms with Crippen molar-refractivity contribution in [2.45, 2.75) is 58.5 Å². The zero-order chi connectivity index (χ0) is 13.8. The summed E-state index contributed by atoms with van der Waals surface area (Å²) in [5.41, 5.74) is 0.788. The highest BCUT2D eigenvalue weighted by molar-refractivity contribution is 5.43. The number of aromatic nitrogens is 1. The van der Waals surface area contributed by atoms with Crippen LogP contribution in [0.15, 0.2) is 24.4 Å². The van der Waals surface area contributed by atoms with E-state index in [-0.39, 0.29) is 0 Å². The summed E-state index contributed by atoms with van der Waals surface area (Å²) < 4.78 is 2.27. The van der Waals surface area contributed by atoms with Gasteiger partial charge in [0.1, 0.15) is 5.54 Å². The van der Waals surface area contributed by atoms with Crippen LogP contribution in [0.3, 0.4) is 0 Å². The van der Waals surface area contributed by atoms with E-state index in [1.54, 1.807) is 0 Å². The van der Waals surface area contributed by atoms with Crippen LogP contribution in [0.25, 0.3) is 0 Å². The van der Waals surface area contributed by atoms with Gasteiger partial charge in [-0.15, -0.1) is 0 Å². The predicted molar refractivity (Wildman–Crippen MR) is 79.1 cm³/mol. The average molecular weight is 259 g/mol. The van der Waals surface area contributed by atoms with E-state index in [0.717, 1.165) is 5.92 Å². The first-order chi connectivity index (χ1) is 8.88. The molecule has 104 valence electrons. The molecular formula is C17H27N2+. The Hall–Kier alpha value is -1.05. The molecule has 1 aromatic heterocycles. The topological polar surface area (TPSA) is 7.12 Å². The van der Waals surface area contributed by atoms with Gasteiger partial charge < -0.3 is 0 Å². The Labute approximate surface area is 117 Å². The number of fused-ring (bicyclic) bond motifs is 3. The molecule has 0 aromatic carbocycles. The first kappa shape index (κ1) is 13.0. The number of hydrogen-bond acceptors (Lipinski definition) is 1. The third-order valence-electron chi connectivity index (χ3n) is 6.27. The Morgan fingerprint density at radius 2 is 1.95 bits per heavy atom.